The van der Waals surface area contributed by atoms with Gasteiger partial charge in [-0.2, -0.15) is 23.8 Å². The minimum absolute atomic E-state index is 0. The Morgan fingerprint density at radius 1 is 0.612 bits per heavy atom. The van der Waals surface area contributed by atoms with E-state index < -0.39 is 0 Å². The van der Waals surface area contributed by atoms with Gasteiger partial charge in [-0.05, 0) is 139 Å². The van der Waals surface area contributed by atoms with Crippen LogP contribution < -0.4 is 0 Å². The summed E-state index contributed by atoms with van der Waals surface area (Å²) >= 11 is 0. The third kappa shape index (κ3) is 7.70. The van der Waals surface area contributed by atoms with Crippen molar-refractivity contribution in [1.82, 2.24) is 0 Å². The molecule has 8 bridgehead atoms. The van der Waals surface area contributed by atoms with Crippen LogP contribution in [0.2, 0.25) is 0 Å². The smallest absolute Gasteiger partial charge is 0 e. The van der Waals surface area contributed by atoms with Gasteiger partial charge in [0.25, 0.3) is 0 Å². The molecule has 0 radical (unpaired) electrons. The second kappa shape index (κ2) is 14.6. The van der Waals surface area contributed by atoms with E-state index in [9.17, 15) is 0 Å². The standard InChI is InChI=1S/C35H55P2.C11H9.Fe/c1-34(2,3)37(35(4,5)6)21-27-9-7-8-26(27)20-36(32-28-12-22-10-23(14-28)15-29(32)13-22)33-30-16-24-11-25(18-30)19-31(33)17-24;1-2-6-10(7-3-1)11-8-4-5-9-11;/h7-9,22-25,28-33H,10-21H2,1-6H3;1-9H;/q-1;-5;. The molecule has 272 valence electrons. The molecule has 0 saturated heterocycles. The van der Waals surface area contributed by atoms with Crippen molar-refractivity contribution >= 4 is 15.8 Å². The molecule has 8 aliphatic carbocycles. The first-order chi connectivity index (χ1) is 23.0. The molecular weight excluding hydrogens is 670 g/mol. The monoisotopic (exact) mass is 734 g/mol. The van der Waals surface area contributed by atoms with Gasteiger partial charge in [-0.15, -0.1) is 19.6 Å². The average molecular weight is 735 g/mol. The fourth-order valence-corrected chi connectivity index (χ4v) is 21.4. The van der Waals surface area contributed by atoms with Gasteiger partial charge < -0.3 is 47.5 Å². The molecule has 0 aromatic heterocycles. The van der Waals surface area contributed by atoms with Crippen LogP contribution in [0.15, 0.2) is 72.8 Å². The molecule has 8 fully saturated rings. The molecule has 8 aliphatic rings. The van der Waals surface area contributed by atoms with E-state index in [-0.39, 0.29) is 32.9 Å². The topological polar surface area (TPSA) is 0 Å². The first kappa shape index (κ1) is 36.6. The number of hydrogen-bond acceptors (Lipinski definition) is 0. The molecular formula is C46H64FeP2-6. The fraction of sp³-hybridized carbons (Fsp3) is 0.652. The van der Waals surface area contributed by atoms with Gasteiger partial charge in [-0.25, -0.2) is 12.1 Å². The molecule has 3 heteroatoms. The Kier molecular flexibility index (Phi) is 10.9. The van der Waals surface area contributed by atoms with Crippen molar-refractivity contribution in [2.75, 3.05) is 0 Å². The number of benzene rings is 1. The summed E-state index contributed by atoms with van der Waals surface area (Å²) in [5, 5.41) is 0.825. The van der Waals surface area contributed by atoms with E-state index in [1.54, 1.807) is 69.8 Å². The molecule has 8 saturated carbocycles. The van der Waals surface area contributed by atoms with Crippen molar-refractivity contribution in [2.45, 2.75) is 140 Å². The zero-order valence-electron chi connectivity index (χ0n) is 31.4. The van der Waals surface area contributed by atoms with E-state index in [0.29, 0.717) is 10.3 Å². The van der Waals surface area contributed by atoms with Crippen LogP contribution >= 0.6 is 15.8 Å². The van der Waals surface area contributed by atoms with Crippen LogP contribution in [-0.2, 0) is 29.4 Å². The zero-order valence-corrected chi connectivity index (χ0v) is 34.3. The molecule has 0 atom stereocenters. The van der Waals surface area contributed by atoms with Crippen LogP contribution in [0.1, 0.15) is 117 Å². The summed E-state index contributed by atoms with van der Waals surface area (Å²) < 4.78 is 0. The van der Waals surface area contributed by atoms with Gasteiger partial charge in [0.05, 0.1) is 0 Å². The fourth-order valence-electron chi connectivity index (χ4n) is 13.1. The Morgan fingerprint density at radius 3 is 1.49 bits per heavy atom. The van der Waals surface area contributed by atoms with Crippen LogP contribution in [0.3, 0.4) is 0 Å². The maximum absolute atomic E-state index is 2.61. The molecule has 3 aromatic rings. The van der Waals surface area contributed by atoms with Gasteiger partial charge in [-0.3, -0.25) is 0 Å². The van der Waals surface area contributed by atoms with Crippen molar-refractivity contribution < 1.29 is 17.1 Å². The van der Waals surface area contributed by atoms with Gasteiger partial charge in [-0.1, -0.05) is 55.6 Å². The summed E-state index contributed by atoms with van der Waals surface area (Å²) in [4.78, 5) is 0. The van der Waals surface area contributed by atoms with Gasteiger partial charge >= 0.3 is 0 Å². The van der Waals surface area contributed by atoms with Gasteiger partial charge in [0.2, 0.25) is 0 Å². The zero-order chi connectivity index (χ0) is 33.2. The van der Waals surface area contributed by atoms with E-state index in [4.69, 9.17) is 0 Å². The Morgan fingerprint density at radius 2 is 1.06 bits per heavy atom. The summed E-state index contributed by atoms with van der Waals surface area (Å²) in [6.07, 6.45) is 19.0. The second-order valence-corrected chi connectivity index (χ2v) is 26.0. The van der Waals surface area contributed by atoms with Crippen molar-refractivity contribution in [1.29, 1.82) is 0 Å². The molecule has 0 amide bonds. The van der Waals surface area contributed by atoms with Crippen LogP contribution in [0.5, 0.6) is 0 Å². The summed E-state index contributed by atoms with van der Waals surface area (Å²) in [6.45, 7) is 15.1. The summed E-state index contributed by atoms with van der Waals surface area (Å²) in [5.74, 6) is 8.91. The van der Waals surface area contributed by atoms with E-state index in [1.807, 2.05) is 11.6 Å². The minimum atomic E-state index is -0.0758. The van der Waals surface area contributed by atoms with E-state index in [1.165, 1.54) is 23.5 Å². The Labute approximate surface area is 313 Å². The SMILES string of the molecule is CC(C)(C)P(C[c-]1cccc1CP(C1C2CC3CC(C2)CC1C3)C1C2CC3CC(C2)CC1C3)C(C)(C)C.[Fe].c1ccc(-[c-]2[cH-][cH-][cH-][cH-]2)cc1. The molecule has 11 rings (SSSR count). The normalized spacial score (nSPS) is 34.8. The third-order valence-electron chi connectivity index (χ3n) is 14.2. The van der Waals surface area contributed by atoms with Gasteiger partial charge in [0.1, 0.15) is 0 Å². The van der Waals surface area contributed by atoms with Crippen molar-refractivity contribution in [2.24, 2.45) is 47.3 Å². The first-order valence-corrected chi connectivity index (χ1v) is 23.2. The number of hydrogen-bond donors (Lipinski definition) is 0. The van der Waals surface area contributed by atoms with Crippen molar-refractivity contribution in [3.63, 3.8) is 0 Å². The second-order valence-electron chi connectivity index (χ2n) is 19.6. The van der Waals surface area contributed by atoms with Crippen molar-refractivity contribution in [3.05, 3.63) is 83.9 Å². The first-order valence-electron chi connectivity index (χ1n) is 20.0. The molecule has 0 unspecified atom stereocenters. The van der Waals surface area contributed by atoms with E-state index >= 15 is 0 Å². The van der Waals surface area contributed by atoms with Crippen LogP contribution in [0.4, 0.5) is 0 Å². The summed E-state index contributed by atoms with van der Waals surface area (Å²) in [7, 11) is 0.0230. The van der Waals surface area contributed by atoms with Gasteiger partial charge in [0, 0.05) is 17.1 Å². The van der Waals surface area contributed by atoms with E-state index in [0.717, 1.165) is 58.7 Å². The van der Waals surface area contributed by atoms with Crippen LogP contribution in [0.25, 0.3) is 11.1 Å². The summed E-state index contributed by atoms with van der Waals surface area (Å²) in [6, 6.07) is 26.4. The predicted molar refractivity (Wildman–Crippen MR) is 212 cm³/mol. The molecule has 3 aromatic carbocycles. The summed E-state index contributed by atoms with van der Waals surface area (Å²) in [5.41, 5.74) is 8.41. The Hall–Kier alpha value is -0.701. The Balaban J connectivity index is 0.000000268. The minimum Gasteiger partial charge on any atom is -0.642 e. The molecule has 0 aliphatic heterocycles. The molecule has 0 spiro atoms. The molecule has 0 heterocycles. The Bertz CT molecular complexity index is 1370. The third-order valence-corrected chi connectivity index (χ3v) is 22.0. The molecule has 49 heavy (non-hydrogen) atoms. The maximum atomic E-state index is 2.61. The van der Waals surface area contributed by atoms with Crippen LogP contribution in [0, 0.1) is 47.3 Å². The number of rotatable bonds is 7. The van der Waals surface area contributed by atoms with Gasteiger partial charge in [0.15, 0.2) is 0 Å². The van der Waals surface area contributed by atoms with Crippen molar-refractivity contribution in [3.8, 4) is 11.1 Å². The van der Waals surface area contributed by atoms with E-state index in [2.05, 4.69) is 108 Å². The molecule has 0 nitrogen and oxygen atoms in total. The average Bonchev–Trinajstić information content (AvgIpc) is 3.71. The molecule has 0 N–H and O–H groups in total. The maximum Gasteiger partial charge on any atom is 0 e. The predicted octanol–water partition coefficient (Wildman–Crippen LogP) is 13.7. The largest absolute Gasteiger partial charge is 0.642 e. The quantitative estimate of drug-likeness (QED) is 0.129. The van der Waals surface area contributed by atoms with Crippen LogP contribution in [-0.4, -0.2) is 21.6 Å².